The minimum atomic E-state index is 0.261. The fraction of sp³-hybridized carbons (Fsp3) is 0.294. The van der Waals surface area contributed by atoms with Gasteiger partial charge in [-0.25, -0.2) is 9.97 Å². The van der Waals surface area contributed by atoms with E-state index in [0.29, 0.717) is 5.25 Å². The van der Waals surface area contributed by atoms with Gasteiger partial charge in [-0.15, -0.1) is 0 Å². The predicted molar refractivity (Wildman–Crippen MR) is 89.7 cm³/mol. The Labute approximate surface area is 133 Å². The van der Waals surface area contributed by atoms with E-state index in [1.165, 1.54) is 18.6 Å². The normalized spacial score (nSPS) is 18.1. The molecule has 3 heterocycles. The average Bonchev–Trinajstić information content (AvgIpc) is 3.14. The summed E-state index contributed by atoms with van der Waals surface area (Å²) >= 11 is 2.03. The van der Waals surface area contributed by atoms with E-state index in [1.807, 2.05) is 36.0 Å². The van der Waals surface area contributed by atoms with Crippen LogP contribution in [0, 0.1) is 0 Å². The van der Waals surface area contributed by atoms with E-state index in [2.05, 4.69) is 9.55 Å². The number of hydrogen-bond acceptors (Lipinski definition) is 4. The molecule has 0 amide bonds. The number of aromatic nitrogens is 3. The lowest BCUT2D eigenvalue weighted by Crippen LogP contribution is -2.09. The highest BCUT2D eigenvalue weighted by Crippen LogP contribution is 2.31. The van der Waals surface area contributed by atoms with Gasteiger partial charge >= 0.3 is 0 Å². The van der Waals surface area contributed by atoms with E-state index in [1.54, 1.807) is 18.3 Å². The molecular weight excluding hydrogens is 294 g/mol. The molecule has 1 saturated heterocycles. The average molecular weight is 311 g/mol. The van der Waals surface area contributed by atoms with Gasteiger partial charge in [-0.3, -0.25) is 4.57 Å². The zero-order valence-corrected chi connectivity index (χ0v) is 13.0. The largest absolute Gasteiger partial charge is 0.508 e. The van der Waals surface area contributed by atoms with Crippen molar-refractivity contribution in [3.8, 4) is 11.4 Å². The van der Waals surface area contributed by atoms with Gasteiger partial charge in [0.05, 0.1) is 5.69 Å². The summed E-state index contributed by atoms with van der Waals surface area (Å²) in [5.41, 5.74) is 2.68. The highest BCUT2D eigenvalue weighted by Gasteiger charge is 2.21. The second-order valence-electron chi connectivity index (χ2n) is 5.57. The third kappa shape index (κ3) is 2.46. The van der Waals surface area contributed by atoms with E-state index in [-0.39, 0.29) is 5.75 Å². The van der Waals surface area contributed by atoms with Gasteiger partial charge in [-0.2, -0.15) is 11.8 Å². The molecule has 1 N–H and O–H groups in total. The summed E-state index contributed by atoms with van der Waals surface area (Å²) in [5, 5.41) is 10.4. The number of fused-ring (bicyclic) bond motifs is 1. The molecule has 0 radical (unpaired) electrons. The quantitative estimate of drug-likeness (QED) is 0.803. The lowest BCUT2D eigenvalue weighted by molar-refractivity contribution is 0.475. The van der Waals surface area contributed by atoms with Crippen LogP contribution in [0.4, 0.5) is 0 Å². The maximum Gasteiger partial charge on any atom is 0.164 e. The Morgan fingerprint density at radius 2 is 2.23 bits per heavy atom. The van der Waals surface area contributed by atoms with Gasteiger partial charge < -0.3 is 5.11 Å². The molecule has 3 aromatic rings. The predicted octanol–water partition coefficient (Wildman–Crippen LogP) is 3.56. The Hall–Kier alpha value is -2.01. The Balaban J connectivity index is 1.85. The highest BCUT2D eigenvalue weighted by molar-refractivity contribution is 8.00. The van der Waals surface area contributed by atoms with Crippen LogP contribution in [0.15, 0.2) is 42.6 Å². The topological polar surface area (TPSA) is 50.9 Å². The SMILES string of the molecule is Oc1cccc(-n2c(CC3CCCS3)nc3cccnc32)c1. The first kappa shape index (κ1) is 13.6. The Morgan fingerprint density at radius 1 is 1.27 bits per heavy atom. The molecule has 0 aliphatic carbocycles. The summed E-state index contributed by atoms with van der Waals surface area (Å²) < 4.78 is 2.08. The van der Waals surface area contributed by atoms with Crippen LogP contribution in [0.2, 0.25) is 0 Å². The van der Waals surface area contributed by atoms with E-state index in [9.17, 15) is 5.11 Å². The van der Waals surface area contributed by atoms with Crippen molar-refractivity contribution >= 4 is 22.9 Å². The van der Waals surface area contributed by atoms with Crippen LogP contribution >= 0.6 is 11.8 Å². The van der Waals surface area contributed by atoms with Gasteiger partial charge in [-0.05, 0) is 42.9 Å². The zero-order valence-electron chi connectivity index (χ0n) is 12.1. The molecule has 1 aliphatic rings. The van der Waals surface area contributed by atoms with E-state index >= 15 is 0 Å². The fourth-order valence-electron chi connectivity index (χ4n) is 3.01. The fourth-order valence-corrected chi connectivity index (χ4v) is 4.28. The van der Waals surface area contributed by atoms with Gasteiger partial charge in [0, 0.05) is 23.9 Å². The third-order valence-electron chi connectivity index (χ3n) is 4.01. The van der Waals surface area contributed by atoms with Crippen molar-refractivity contribution in [1.82, 2.24) is 14.5 Å². The van der Waals surface area contributed by atoms with Crippen molar-refractivity contribution in [3.63, 3.8) is 0 Å². The van der Waals surface area contributed by atoms with Crippen molar-refractivity contribution in [2.24, 2.45) is 0 Å². The van der Waals surface area contributed by atoms with E-state index < -0.39 is 0 Å². The Morgan fingerprint density at radius 3 is 3.05 bits per heavy atom. The summed E-state index contributed by atoms with van der Waals surface area (Å²) in [6.45, 7) is 0. The monoisotopic (exact) mass is 311 g/mol. The smallest absolute Gasteiger partial charge is 0.164 e. The molecule has 1 fully saturated rings. The van der Waals surface area contributed by atoms with Crippen LogP contribution in [-0.2, 0) is 6.42 Å². The summed E-state index contributed by atoms with van der Waals surface area (Å²) in [7, 11) is 0. The molecule has 112 valence electrons. The van der Waals surface area contributed by atoms with Crippen molar-refractivity contribution < 1.29 is 5.11 Å². The summed E-state index contributed by atoms with van der Waals surface area (Å²) in [4.78, 5) is 9.28. The Kier molecular flexibility index (Phi) is 3.50. The second kappa shape index (κ2) is 5.65. The van der Waals surface area contributed by atoms with Crippen LogP contribution in [0.1, 0.15) is 18.7 Å². The maximum atomic E-state index is 9.80. The number of hydrogen-bond donors (Lipinski definition) is 1. The number of benzene rings is 1. The molecule has 22 heavy (non-hydrogen) atoms. The molecule has 5 heteroatoms. The third-order valence-corrected chi connectivity index (χ3v) is 5.41. The van der Waals surface area contributed by atoms with Crippen LogP contribution in [-0.4, -0.2) is 30.6 Å². The van der Waals surface area contributed by atoms with Gasteiger partial charge in [0.25, 0.3) is 0 Å². The lowest BCUT2D eigenvalue weighted by atomic mass is 10.2. The van der Waals surface area contributed by atoms with Crippen LogP contribution in [0.3, 0.4) is 0 Å². The van der Waals surface area contributed by atoms with Gasteiger partial charge in [0.15, 0.2) is 5.65 Å². The molecule has 1 aromatic carbocycles. The number of rotatable bonds is 3. The van der Waals surface area contributed by atoms with Crippen LogP contribution in [0.25, 0.3) is 16.9 Å². The molecule has 1 aliphatic heterocycles. The van der Waals surface area contributed by atoms with Gasteiger partial charge in [0.1, 0.15) is 17.1 Å². The minimum Gasteiger partial charge on any atom is -0.508 e. The zero-order chi connectivity index (χ0) is 14.9. The number of imidazole rings is 1. The number of thioether (sulfide) groups is 1. The van der Waals surface area contributed by atoms with Gasteiger partial charge in [0.2, 0.25) is 0 Å². The molecule has 4 nitrogen and oxygen atoms in total. The maximum absolute atomic E-state index is 9.80. The summed E-state index contributed by atoms with van der Waals surface area (Å²) in [6, 6.07) is 11.2. The standard InChI is InChI=1S/C17H17N3OS/c21-13-5-1-4-12(10-13)20-16(11-14-6-3-9-22-14)19-15-7-2-8-18-17(15)20/h1-2,4-5,7-8,10,14,21H,3,6,9,11H2. The van der Waals surface area contributed by atoms with Gasteiger partial charge in [-0.1, -0.05) is 6.07 Å². The molecule has 4 rings (SSSR count). The molecular formula is C17H17N3OS. The van der Waals surface area contributed by atoms with Crippen molar-refractivity contribution in [1.29, 1.82) is 0 Å². The first-order valence-electron chi connectivity index (χ1n) is 7.54. The first-order chi connectivity index (χ1) is 10.8. The van der Waals surface area contributed by atoms with Crippen molar-refractivity contribution in [3.05, 3.63) is 48.4 Å². The first-order valence-corrected chi connectivity index (χ1v) is 8.59. The van der Waals surface area contributed by atoms with Crippen molar-refractivity contribution in [2.45, 2.75) is 24.5 Å². The number of pyridine rings is 1. The van der Waals surface area contributed by atoms with Crippen LogP contribution in [0.5, 0.6) is 5.75 Å². The van der Waals surface area contributed by atoms with E-state index in [0.717, 1.165) is 29.1 Å². The Bertz CT molecular complexity index is 809. The number of phenolic OH excluding ortho intramolecular Hbond substituents is 1. The molecule has 0 bridgehead atoms. The molecule has 1 atom stereocenters. The lowest BCUT2D eigenvalue weighted by Gasteiger charge is -2.12. The number of aromatic hydroxyl groups is 1. The number of nitrogens with zero attached hydrogens (tertiary/aromatic N) is 3. The molecule has 0 spiro atoms. The van der Waals surface area contributed by atoms with E-state index in [4.69, 9.17) is 4.98 Å². The second-order valence-corrected chi connectivity index (χ2v) is 6.98. The number of phenols is 1. The summed E-state index contributed by atoms with van der Waals surface area (Å²) in [5.74, 6) is 2.53. The van der Waals surface area contributed by atoms with Crippen molar-refractivity contribution in [2.75, 3.05) is 5.75 Å². The highest BCUT2D eigenvalue weighted by atomic mass is 32.2. The molecule has 0 saturated carbocycles. The molecule has 2 aromatic heterocycles. The molecule has 1 unspecified atom stereocenters. The minimum absolute atomic E-state index is 0.261. The summed E-state index contributed by atoms with van der Waals surface area (Å²) in [6.07, 6.45) is 5.27. The van der Waals surface area contributed by atoms with Crippen LogP contribution < -0.4 is 0 Å².